The van der Waals surface area contributed by atoms with E-state index in [0.717, 1.165) is 14.2 Å². The average molecular weight is 254 g/mol. The van der Waals surface area contributed by atoms with E-state index in [-0.39, 0.29) is 35.1 Å². The van der Waals surface area contributed by atoms with Gasteiger partial charge in [0.05, 0.1) is 6.61 Å². The average Bonchev–Trinajstić information content (AvgIpc) is 2.20. The molecule has 2 N–H and O–H groups in total. The molecule has 0 aromatic rings. The molecule has 0 aliphatic rings. The largest absolute Gasteiger partial charge is 2.00 e. The quantitative estimate of drug-likeness (QED) is 0.341. The Balaban J connectivity index is -0.0000000496. The molecule has 0 heterocycles. The van der Waals surface area contributed by atoms with E-state index in [0.29, 0.717) is 18.6 Å². The first-order valence-electron chi connectivity index (χ1n) is 3.69. The summed E-state index contributed by atoms with van der Waals surface area (Å²) in [5.74, 6) is -0.335. The zero-order valence-electron chi connectivity index (χ0n) is 10.0. The van der Waals surface area contributed by atoms with Crippen LogP contribution in [0.2, 0.25) is 0 Å². The summed E-state index contributed by atoms with van der Waals surface area (Å²) in [6, 6.07) is 0. The number of rotatable bonds is 3. The Bertz CT molecular complexity index is 127. The van der Waals surface area contributed by atoms with Crippen LogP contribution in [-0.2, 0) is 31.2 Å². The molecule has 0 atom stereocenters. The van der Waals surface area contributed by atoms with Crippen LogP contribution in [0.25, 0.3) is 0 Å². The van der Waals surface area contributed by atoms with Crippen LogP contribution in [0.15, 0.2) is 12.2 Å². The molecule has 4 nitrogen and oxygen atoms in total. The van der Waals surface area contributed by atoms with Crippen LogP contribution in [0, 0.1) is 14.4 Å². The molecule has 0 radical (unpaired) electrons. The van der Waals surface area contributed by atoms with Crippen LogP contribution >= 0.6 is 0 Å². The van der Waals surface area contributed by atoms with Crippen LogP contribution in [-0.4, -0.2) is 37.0 Å². The van der Waals surface area contributed by atoms with Crippen molar-refractivity contribution in [1.82, 2.24) is 0 Å². The maximum absolute atomic E-state index is 10.6. The second-order valence-electron chi connectivity index (χ2n) is 1.77. The van der Waals surface area contributed by atoms with Gasteiger partial charge in [-0.15, -0.1) is 6.42 Å². The molecular weight excluding hydrogens is 232 g/mol. The Morgan fingerprint density at radius 3 is 1.87 bits per heavy atom. The van der Waals surface area contributed by atoms with E-state index in [1.165, 1.54) is 0 Å². The number of carbonyl (C=O) groups excluding carboxylic acids is 1. The van der Waals surface area contributed by atoms with Crippen molar-refractivity contribution in [2.45, 2.75) is 13.3 Å². The second kappa shape index (κ2) is 29.2. The molecule has 0 aliphatic carbocycles. The van der Waals surface area contributed by atoms with Crippen molar-refractivity contribution in [3.63, 3.8) is 0 Å². The third-order valence-corrected chi connectivity index (χ3v) is 0.726. The fourth-order valence-electron chi connectivity index (χ4n) is 0.288. The van der Waals surface area contributed by atoms with Crippen LogP contribution in [0.1, 0.15) is 13.3 Å². The number of hydrogen-bond donors (Lipinski definition) is 2. The monoisotopic (exact) mass is 254 g/mol. The Morgan fingerprint density at radius 1 is 1.33 bits per heavy atom. The SMILES string of the molecule is C=C(C)C(=O)OCC[CH2-].CO.CO.[CH3-].[Ti+2]. The molecule has 0 saturated heterocycles. The standard InChI is InChI=1S/C7H11O2.2CH4O.CH3.Ti/c1-4-5-9-7(8)6(2)3;2*1-2;;/h1-2,4-5H2,3H3;2*2H,1H3;1H3;/q-1;;;-1;+2. The molecular formula is C10H22O4Ti. The summed E-state index contributed by atoms with van der Waals surface area (Å²) >= 11 is 0. The predicted molar refractivity (Wildman–Crippen MR) is 58.4 cm³/mol. The zero-order valence-corrected chi connectivity index (χ0v) is 11.6. The number of aliphatic hydroxyl groups is 2. The summed E-state index contributed by atoms with van der Waals surface area (Å²) in [4.78, 5) is 10.6. The van der Waals surface area contributed by atoms with Crippen molar-refractivity contribution in [2.75, 3.05) is 20.8 Å². The van der Waals surface area contributed by atoms with E-state index >= 15 is 0 Å². The van der Waals surface area contributed by atoms with Gasteiger partial charge in [0.25, 0.3) is 0 Å². The number of carbonyl (C=O) groups is 1. The Labute approximate surface area is 108 Å². The van der Waals surface area contributed by atoms with Crippen LogP contribution < -0.4 is 0 Å². The molecule has 0 saturated carbocycles. The maximum atomic E-state index is 10.6. The first kappa shape index (κ1) is 29.4. The minimum atomic E-state index is -0.335. The van der Waals surface area contributed by atoms with E-state index in [1.54, 1.807) is 6.92 Å². The summed E-state index contributed by atoms with van der Waals surface area (Å²) in [7, 11) is 2.00. The minimum absolute atomic E-state index is 0. The van der Waals surface area contributed by atoms with Gasteiger partial charge in [0.2, 0.25) is 0 Å². The van der Waals surface area contributed by atoms with Gasteiger partial charge in [0.15, 0.2) is 0 Å². The Hall–Kier alpha value is -0.156. The fourth-order valence-corrected chi connectivity index (χ4v) is 0.288. The van der Waals surface area contributed by atoms with Gasteiger partial charge in [-0.25, -0.2) is 4.79 Å². The minimum Gasteiger partial charge on any atom is -0.465 e. The number of hydrogen-bond acceptors (Lipinski definition) is 4. The summed E-state index contributed by atoms with van der Waals surface area (Å²) in [5.41, 5.74) is 0.434. The second-order valence-corrected chi connectivity index (χ2v) is 1.77. The molecule has 0 rings (SSSR count). The summed E-state index contributed by atoms with van der Waals surface area (Å²) in [6.07, 6.45) is 0.610. The van der Waals surface area contributed by atoms with Crippen molar-refractivity contribution in [3.8, 4) is 0 Å². The Kier molecular flexibility index (Phi) is 57.1. The number of ether oxygens (including phenoxy) is 1. The van der Waals surface area contributed by atoms with Gasteiger partial charge < -0.3 is 29.3 Å². The van der Waals surface area contributed by atoms with Crippen LogP contribution in [0.5, 0.6) is 0 Å². The molecule has 0 unspecified atom stereocenters. The van der Waals surface area contributed by atoms with Gasteiger partial charge in [-0.2, -0.15) is 0 Å². The van der Waals surface area contributed by atoms with Crippen LogP contribution in [0.3, 0.4) is 0 Å². The van der Waals surface area contributed by atoms with E-state index in [9.17, 15) is 4.79 Å². The van der Waals surface area contributed by atoms with Gasteiger partial charge in [-0.3, -0.25) is 0 Å². The summed E-state index contributed by atoms with van der Waals surface area (Å²) < 4.78 is 4.65. The molecule has 90 valence electrons. The van der Waals surface area contributed by atoms with Crippen molar-refractivity contribution in [1.29, 1.82) is 0 Å². The van der Waals surface area contributed by atoms with Crippen molar-refractivity contribution in [3.05, 3.63) is 26.5 Å². The van der Waals surface area contributed by atoms with Gasteiger partial charge in [0.1, 0.15) is 0 Å². The van der Waals surface area contributed by atoms with Gasteiger partial charge in [-0.05, 0) is 6.92 Å². The predicted octanol–water partition coefficient (Wildman–Crippen LogP) is 0.995. The molecule has 5 heteroatoms. The molecule has 0 aromatic heterocycles. The molecule has 0 aromatic carbocycles. The van der Waals surface area contributed by atoms with E-state index < -0.39 is 0 Å². The fraction of sp³-hybridized carbons (Fsp3) is 0.500. The normalized spacial score (nSPS) is 6.00. The smallest absolute Gasteiger partial charge is 0.465 e. The zero-order chi connectivity index (χ0) is 11.3. The van der Waals surface area contributed by atoms with Crippen molar-refractivity contribution >= 4 is 5.97 Å². The third-order valence-electron chi connectivity index (χ3n) is 0.726. The summed E-state index contributed by atoms with van der Waals surface area (Å²) in [6.45, 7) is 8.92. The first-order valence-corrected chi connectivity index (χ1v) is 3.69. The summed E-state index contributed by atoms with van der Waals surface area (Å²) in [5, 5.41) is 14.0. The van der Waals surface area contributed by atoms with E-state index in [4.69, 9.17) is 10.2 Å². The van der Waals surface area contributed by atoms with Gasteiger partial charge >= 0.3 is 27.7 Å². The molecule has 0 bridgehead atoms. The van der Waals surface area contributed by atoms with Crippen molar-refractivity contribution in [2.24, 2.45) is 0 Å². The third kappa shape index (κ3) is 31.6. The number of aliphatic hydroxyl groups excluding tert-OH is 2. The van der Waals surface area contributed by atoms with Gasteiger partial charge in [0, 0.05) is 19.8 Å². The molecule has 0 amide bonds. The maximum Gasteiger partial charge on any atom is 2.00 e. The van der Waals surface area contributed by atoms with Crippen LogP contribution in [0.4, 0.5) is 0 Å². The molecule has 0 spiro atoms. The van der Waals surface area contributed by atoms with E-state index in [2.05, 4.69) is 18.2 Å². The van der Waals surface area contributed by atoms with Gasteiger partial charge in [-0.1, -0.05) is 6.58 Å². The molecule has 15 heavy (non-hydrogen) atoms. The molecule has 0 fully saturated rings. The topological polar surface area (TPSA) is 66.8 Å². The van der Waals surface area contributed by atoms with E-state index in [1.807, 2.05) is 0 Å². The number of esters is 1. The molecule has 0 aliphatic heterocycles. The first-order chi connectivity index (χ1) is 6.18. The Morgan fingerprint density at radius 2 is 1.67 bits per heavy atom. The van der Waals surface area contributed by atoms with Crippen molar-refractivity contribution < 1.29 is 41.5 Å².